The van der Waals surface area contributed by atoms with Gasteiger partial charge in [-0.3, -0.25) is 13.9 Å². The maximum absolute atomic E-state index is 14.6. The Morgan fingerprint density at radius 1 is 0.870 bits per heavy atom. The summed E-state index contributed by atoms with van der Waals surface area (Å²) >= 11 is 12.8. The monoisotopic (exact) mass is 679 g/mol. The molecule has 0 saturated carbocycles. The number of aryl methyl sites for hydroxylation is 2. The first kappa shape index (κ1) is 35.0. The molecule has 46 heavy (non-hydrogen) atoms. The molecule has 0 bridgehead atoms. The van der Waals surface area contributed by atoms with E-state index in [9.17, 15) is 18.0 Å². The van der Waals surface area contributed by atoms with Crippen LogP contribution in [0.4, 0.5) is 5.69 Å². The van der Waals surface area contributed by atoms with Crippen LogP contribution in [0.1, 0.15) is 42.5 Å². The van der Waals surface area contributed by atoms with Crippen LogP contribution in [0.2, 0.25) is 10.0 Å². The number of sulfonamides is 1. The summed E-state index contributed by atoms with van der Waals surface area (Å²) < 4.78 is 29.6. The summed E-state index contributed by atoms with van der Waals surface area (Å²) in [5.41, 5.74) is 3.25. The molecule has 4 aromatic rings. The van der Waals surface area contributed by atoms with Gasteiger partial charge in [-0.15, -0.1) is 0 Å². The molecule has 0 fully saturated rings. The third kappa shape index (κ3) is 8.69. The lowest BCUT2D eigenvalue weighted by Gasteiger charge is -2.34. The number of nitrogens with one attached hydrogen (secondary N) is 1. The third-order valence-electron chi connectivity index (χ3n) is 7.89. The van der Waals surface area contributed by atoms with Crippen LogP contribution in [-0.2, 0) is 32.6 Å². The molecule has 0 heterocycles. The molecule has 7 nitrogen and oxygen atoms in total. The van der Waals surface area contributed by atoms with E-state index in [4.69, 9.17) is 23.2 Å². The topological polar surface area (TPSA) is 86.8 Å². The standard InChI is InChI=1S/C36H39Cl2N3O4S/c1-5-27(4)39-36(43)34(22-28-11-7-6-8-12-28)40(23-29-13-9-10-14-32(29)38)35(42)24-41(33-20-17-30(37)21-26(33)3)46(44,45)31-18-15-25(2)16-19-31/h6-21,27,34H,5,22-24H2,1-4H3,(H,39,43). The largest absolute Gasteiger partial charge is 0.352 e. The van der Waals surface area contributed by atoms with Crippen molar-refractivity contribution in [1.82, 2.24) is 10.2 Å². The molecule has 0 saturated heterocycles. The Kier molecular flexibility index (Phi) is 11.9. The van der Waals surface area contributed by atoms with Gasteiger partial charge in [-0.05, 0) is 80.3 Å². The lowest BCUT2D eigenvalue weighted by molar-refractivity contribution is -0.140. The fourth-order valence-corrected chi connectivity index (χ4v) is 6.96. The van der Waals surface area contributed by atoms with Crippen molar-refractivity contribution in [1.29, 1.82) is 0 Å². The zero-order valence-electron chi connectivity index (χ0n) is 26.4. The van der Waals surface area contributed by atoms with E-state index in [2.05, 4.69) is 5.32 Å². The Morgan fingerprint density at radius 2 is 1.52 bits per heavy atom. The SMILES string of the molecule is CCC(C)NC(=O)C(Cc1ccccc1)N(Cc1ccccc1Cl)C(=O)CN(c1ccc(Cl)cc1C)S(=O)(=O)c1ccc(C)cc1. The van der Waals surface area contributed by atoms with Crippen molar-refractivity contribution in [3.8, 4) is 0 Å². The van der Waals surface area contributed by atoms with E-state index in [0.717, 1.165) is 15.4 Å². The van der Waals surface area contributed by atoms with Gasteiger partial charge in [-0.1, -0.05) is 96.4 Å². The predicted molar refractivity (Wildman–Crippen MR) is 186 cm³/mol. The van der Waals surface area contributed by atoms with Crippen LogP contribution in [0, 0.1) is 13.8 Å². The van der Waals surface area contributed by atoms with Crippen LogP contribution in [0.3, 0.4) is 0 Å². The van der Waals surface area contributed by atoms with E-state index in [1.54, 1.807) is 61.5 Å². The van der Waals surface area contributed by atoms with E-state index < -0.39 is 28.5 Å². The summed E-state index contributed by atoms with van der Waals surface area (Å²) in [5, 5.41) is 3.90. The van der Waals surface area contributed by atoms with Gasteiger partial charge in [0, 0.05) is 29.1 Å². The lowest BCUT2D eigenvalue weighted by Crippen LogP contribution is -2.54. The fraction of sp³-hybridized carbons (Fsp3) is 0.278. The number of rotatable bonds is 13. The van der Waals surface area contributed by atoms with E-state index >= 15 is 0 Å². The predicted octanol–water partition coefficient (Wildman–Crippen LogP) is 7.36. The van der Waals surface area contributed by atoms with Crippen molar-refractivity contribution in [3.05, 3.63) is 129 Å². The Balaban J connectivity index is 1.84. The Bertz CT molecular complexity index is 1770. The van der Waals surface area contributed by atoms with Crippen molar-refractivity contribution in [3.63, 3.8) is 0 Å². The fourth-order valence-electron chi connectivity index (χ4n) is 5.05. The molecular weight excluding hydrogens is 641 g/mol. The number of hydrogen-bond acceptors (Lipinski definition) is 4. The van der Waals surface area contributed by atoms with Gasteiger partial charge in [-0.2, -0.15) is 0 Å². The second-order valence-corrected chi connectivity index (χ2v) is 14.1. The zero-order chi connectivity index (χ0) is 33.4. The van der Waals surface area contributed by atoms with Gasteiger partial charge in [0.1, 0.15) is 12.6 Å². The molecule has 2 unspecified atom stereocenters. The Morgan fingerprint density at radius 3 is 2.15 bits per heavy atom. The highest BCUT2D eigenvalue weighted by Crippen LogP contribution is 2.30. The minimum atomic E-state index is -4.23. The molecule has 4 rings (SSSR count). The summed E-state index contributed by atoms with van der Waals surface area (Å²) in [5.74, 6) is -0.903. The molecule has 0 radical (unpaired) electrons. The molecule has 10 heteroatoms. The third-order valence-corrected chi connectivity index (χ3v) is 10.3. The number of amides is 2. The number of hydrogen-bond donors (Lipinski definition) is 1. The number of halogens is 2. The van der Waals surface area contributed by atoms with Gasteiger partial charge in [0.15, 0.2) is 0 Å². The van der Waals surface area contributed by atoms with E-state index in [0.29, 0.717) is 33.3 Å². The van der Waals surface area contributed by atoms with E-state index in [1.165, 1.54) is 17.0 Å². The first-order valence-electron chi connectivity index (χ1n) is 15.1. The molecule has 0 spiro atoms. The minimum Gasteiger partial charge on any atom is -0.352 e. The first-order chi connectivity index (χ1) is 21.9. The van der Waals surface area contributed by atoms with Crippen LogP contribution in [0.5, 0.6) is 0 Å². The van der Waals surface area contributed by atoms with Crippen LogP contribution in [0.15, 0.2) is 102 Å². The van der Waals surface area contributed by atoms with Gasteiger partial charge in [-0.25, -0.2) is 8.42 Å². The van der Waals surface area contributed by atoms with Crippen molar-refractivity contribution >= 4 is 50.7 Å². The molecule has 242 valence electrons. The average Bonchev–Trinajstić information content (AvgIpc) is 3.03. The van der Waals surface area contributed by atoms with Crippen molar-refractivity contribution in [2.45, 2.75) is 64.1 Å². The smallest absolute Gasteiger partial charge is 0.264 e. The molecule has 2 amide bonds. The van der Waals surface area contributed by atoms with Gasteiger partial charge in [0.25, 0.3) is 10.0 Å². The van der Waals surface area contributed by atoms with Crippen molar-refractivity contribution < 1.29 is 18.0 Å². The van der Waals surface area contributed by atoms with E-state index in [1.807, 2.05) is 51.1 Å². The zero-order valence-corrected chi connectivity index (χ0v) is 28.7. The number of benzene rings is 4. The molecule has 1 N–H and O–H groups in total. The summed E-state index contributed by atoms with van der Waals surface area (Å²) in [6.07, 6.45) is 0.907. The molecule has 0 aliphatic rings. The van der Waals surface area contributed by atoms with Crippen LogP contribution >= 0.6 is 23.2 Å². The second-order valence-electron chi connectivity index (χ2n) is 11.4. The highest BCUT2D eigenvalue weighted by atomic mass is 35.5. The molecule has 0 aliphatic carbocycles. The van der Waals surface area contributed by atoms with Gasteiger partial charge in [0.2, 0.25) is 11.8 Å². The van der Waals surface area contributed by atoms with Crippen molar-refractivity contribution in [2.24, 2.45) is 0 Å². The molecular formula is C36H39Cl2N3O4S. The van der Waals surface area contributed by atoms with Crippen molar-refractivity contribution in [2.75, 3.05) is 10.8 Å². The molecule has 0 aromatic heterocycles. The van der Waals surface area contributed by atoms with Gasteiger partial charge < -0.3 is 10.2 Å². The summed E-state index contributed by atoms with van der Waals surface area (Å²) in [6, 6.07) is 26.7. The Hall–Kier alpha value is -3.85. The minimum absolute atomic E-state index is 0.0120. The van der Waals surface area contributed by atoms with Crippen LogP contribution in [0.25, 0.3) is 0 Å². The molecule has 4 aromatic carbocycles. The number of carbonyl (C=O) groups is 2. The number of carbonyl (C=O) groups excluding carboxylic acids is 2. The number of anilines is 1. The quantitative estimate of drug-likeness (QED) is 0.160. The highest BCUT2D eigenvalue weighted by molar-refractivity contribution is 7.92. The summed E-state index contributed by atoms with van der Waals surface area (Å²) in [4.78, 5) is 30.0. The average molecular weight is 681 g/mol. The van der Waals surface area contributed by atoms with E-state index in [-0.39, 0.29) is 29.8 Å². The first-order valence-corrected chi connectivity index (χ1v) is 17.3. The maximum atomic E-state index is 14.6. The molecule has 0 aliphatic heterocycles. The summed E-state index contributed by atoms with van der Waals surface area (Å²) in [7, 11) is -4.23. The normalized spacial score (nSPS) is 12.7. The highest BCUT2D eigenvalue weighted by Gasteiger charge is 2.35. The summed E-state index contributed by atoms with van der Waals surface area (Å²) in [6.45, 7) is 6.89. The second kappa shape index (κ2) is 15.6. The lowest BCUT2D eigenvalue weighted by atomic mass is 10.0. The van der Waals surface area contributed by atoms with Crippen LogP contribution in [-0.4, -0.2) is 43.8 Å². The van der Waals surface area contributed by atoms with Crippen LogP contribution < -0.4 is 9.62 Å². The molecule has 2 atom stereocenters. The Labute approximate surface area is 282 Å². The number of nitrogens with zero attached hydrogens (tertiary/aromatic N) is 2. The van der Waals surface area contributed by atoms with Gasteiger partial charge in [0.05, 0.1) is 10.6 Å². The maximum Gasteiger partial charge on any atom is 0.264 e. The van der Waals surface area contributed by atoms with Gasteiger partial charge >= 0.3 is 0 Å².